The monoisotopic (exact) mass is 260 g/mol. The summed E-state index contributed by atoms with van der Waals surface area (Å²) in [4.78, 5) is 40.4. The van der Waals surface area contributed by atoms with Gasteiger partial charge in [-0.3, -0.25) is 9.59 Å². The van der Waals surface area contributed by atoms with E-state index in [4.69, 9.17) is 5.11 Å². The molecule has 2 fully saturated rings. The van der Waals surface area contributed by atoms with Crippen LogP contribution in [0.15, 0.2) is 18.3 Å². The highest BCUT2D eigenvalue weighted by molar-refractivity contribution is 6.20. The van der Waals surface area contributed by atoms with Crippen LogP contribution in [-0.2, 0) is 9.59 Å². The van der Waals surface area contributed by atoms with Crippen LogP contribution in [0.4, 0.5) is 5.69 Å². The molecule has 6 heteroatoms. The molecular weight excluding hydrogens is 248 g/mol. The summed E-state index contributed by atoms with van der Waals surface area (Å²) in [5, 5.41) is 9.10. The molecule has 2 bridgehead atoms. The van der Waals surface area contributed by atoms with Crippen molar-refractivity contribution in [2.75, 3.05) is 4.90 Å². The molecule has 6 nitrogen and oxygen atoms in total. The Labute approximate surface area is 109 Å². The number of anilines is 1. The summed E-state index contributed by atoms with van der Waals surface area (Å²) in [6.07, 6.45) is 3.33. The lowest BCUT2D eigenvalue weighted by Crippen LogP contribution is -2.47. The fraction of sp³-hybridized carbons (Fsp3) is 0.385. The third kappa shape index (κ3) is 1.71. The van der Waals surface area contributed by atoms with Gasteiger partial charge in [0.25, 0.3) is 0 Å². The normalized spacial score (nSPS) is 25.8. The van der Waals surface area contributed by atoms with E-state index < -0.39 is 5.97 Å². The van der Waals surface area contributed by atoms with Crippen molar-refractivity contribution < 1.29 is 19.5 Å². The Morgan fingerprint density at radius 1 is 1.26 bits per heavy atom. The van der Waals surface area contributed by atoms with E-state index >= 15 is 0 Å². The number of carbonyl (C=O) groups is 3. The molecule has 0 radical (unpaired) electrons. The van der Waals surface area contributed by atoms with E-state index in [0.29, 0.717) is 19.3 Å². The Kier molecular flexibility index (Phi) is 2.58. The van der Waals surface area contributed by atoms with Crippen LogP contribution in [0.1, 0.15) is 29.8 Å². The maximum atomic E-state index is 12.3. The number of piperidine rings is 1. The predicted molar refractivity (Wildman–Crippen MR) is 64.5 cm³/mol. The number of hydrogen-bond acceptors (Lipinski definition) is 4. The Balaban J connectivity index is 2.09. The molecule has 2 heterocycles. The first-order valence-electron chi connectivity index (χ1n) is 6.15. The smallest absolute Gasteiger partial charge is 0.356 e. The quantitative estimate of drug-likeness (QED) is 0.803. The van der Waals surface area contributed by atoms with Crippen LogP contribution in [0, 0.1) is 11.8 Å². The number of carboxylic acid groups (broad SMARTS) is 1. The van der Waals surface area contributed by atoms with Crippen LogP contribution in [0.5, 0.6) is 0 Å². The number of nitrogens with zero attached hydrogens (tertiary/aromatic N) is 2. The van der Waals surface area contributed by atoms with E-state index in [1.165, 1.54) is 18.3 Å². The summed E-state index contributed by atoms with van der Waals surface area (Å²) >= 11 is 0. The summed E-state index contributed by atoms with van der Waals surface area (Å²) in [5.74, 6) is -2.16. The van der Waals surface area contributed by atoms with Gasteiger partial charge in [-0.25, -0.2) is 14.7 Å². The first-order chi connectivity index (χ1) is 9.09. The van der Waals surface area contributed by atoms with E-state index in [0.717, 1.165) is 4.90 Å². The van der Waals surface area contributed by atoms with Gasteiger partial charge in [-0.1, -0.05) is 0 Å². The zero-order valence-electron chi connectivity index (χ0n) is 10.1. The number of imide groups is 1. The minimum atomic E-state index is -1.24. The van der Waals surface area contributed by atoms with E-state index in [1.54, 1.807) is 0 Å². The zero-order valence-corrected chi connectivity index (χ0v) is 10.1. The van der Waals surface area contributed by atoms with Gasteiger partial charge in [-0.2, -0.15) is 0 Å². The van der Waals surface area contributed by atoms with Crippen LogP contribution in [-0.4, -0.2) is 27.9 Å². The van der Waals surface area contributed by atoms with Crippen LogP contribution in [0.25, 0.3) is 0 Å². The van der Waals surface area contributed by atoms with Crippen molar-refractivity contribution in [3.8, 4) is 0 Å². The average molecular weight is 260 g/mol. The van der Waals surface area contributed by atoms with Gasteiger partial charge in [0.1, 0.15) is 0 Å². The number of hydrogen-bond donors (Lipinski definition) is 1. The van der Waals surface area contributed by atoms with Crippen LogP contribution in [0.3, 0.4) is 0 Å². The van der Waals surface area contributed by atoms with Crippen molar-refractivity contribution in [3.63, 3.8) is 0 Å². The second-order valence-corrected chi connectivity index (χ2v) is 4.90. The molecule has 1 aliphatic heterocycles. The highest BCUT2D eigenvalue weighted by atomic mass is 16.4. The molecule has 1 aromatic rings. The van der Waals surface area contributed by atoms with Crippen molar-refractivity contribution in [1.29, 1.82) is 0 Å². The molecular formula is C13H12N2O4. The first kappa shape index (κ1) is 11.8. The Morgan fingerprint density at radius 2 is 1.89 bits per heavy atom. The number of carbonyl (C=O) groups excluding carboxylic acids is 2. The van der Waals surface area contributed by atoms with E-state index in [-0.39, 0.29) is 35.0 Å². The standard InChI is InChI=1S/C13H12N2O4/c16-11-7-3-4-8(6-7)12(17)15(11)9-2-1-5-14-10(9)13(18)19/h1-2,5,7-8H,3-4,6H2,(H,18,19). The third-order valence-electron chi connectivity index (χ3n) is 3.80. The number of rotatable bonds is 2. The van der Waals surface area contributed by atoms with Crippen molar-refractivity contribution in [2.24, 2.45) is 11.8 Å². The number of aromatic nitrogens is 1. The molecule has 1 N–H and O–H groups in total. The zero-order chi connectivity index (χ0) is 13.6. The molecule has 1 saturated carbocycles. The van der Waals surface area contributed by atoms with E-state index in [2.05, 4.69) is 4.98 Å². The summed E-state index contributed by atoms with van der Waals surface area (Å²) in [7, 11) is 0. The molecule has 0 spiro atoms. The fourth-order valence-electron chi connectivity index (χ4n) is 2.88. The van der Waals surface area contributed by atoms with Gasteiger partial charge in [0.2, 0.25) is 11.8 Å². The number of pyridine rings is 1. The van der Waals surface area contributed by atoms with Crippen LogP contribution < -0.4 is 4.90 Å². The molecule has 98 valence electrons. The van der Waals surface area contributed by atoms with Crippen molar-refractivity contribution in [3.05, 3.63) is 24.0 Å². The molecule has 1 aromatic heterocycles. The Bertz CT molecular complexity index is 562. The largest absolute Gasteiger partial charge is 0.476 e. The molecule has 2 atom stereocenters. The molecule has 1 saturated heterocycles. The van der Waals surface area contributed by atoms with Crippen LogP contribution >= 0.6 is 0 Å². The molecule has 0 aromatic carbocycles. The lowest BCUT2D eigenvalue weighted by atomic mass is 9.96. The molecule has 2 amide bonds. The summed E-state index contributed by atoms with van der Waals surface area (Å²) in [5.41, 5.74) is -0.174. The molecule has 19 heavy (non-hydrogen) atoms. The molecule has 1 aliphatic carbocycles. The van der Waals surface area contributed by atoms with Gasteiger partial charge < -0.3 is 5.11 Å². The topological polar surface area (TPSA) is 87.6 Å². The predicted octanol–water partition coefficient (Wildman–Crippen LogP) is 1.07. The van der Waals surface area contributed by atoms with Crippen LogP contribution in [0.2, 0.25) is 0 Å². The van der Waals surface area contributed by atoms with E-state index in [9.17, 15) is 14.4 Å². The highest BCUT2D eigenvalue weighted by Gasteiger charge is 2.46. The van der Waals surface area contributed by atoms with Gasteiger partial charge in [-0.05, 0) is 31.4 Å². The number of fused-ring (bicyclic) bond motifs is 2. The SMILES string of the molecule is O=C(O)c1ncccc1N1C(=O)C2CCC(C2)C1=O. The lowest BCUT2D eigenvalue weighted by Gasteiger charge is -2.30. The molecule has 3 rings (SSSR count). The number of amides is 2. The summed E-state index contributed by atoms with van der Waals surface area (Å²) in [6, 6.07) is 2.98. The minimum Gasteiger partial charge on any atom is -0.476 e. The van der Waals surface area contributed by atoms with Crippen molar-refractivity contribution in [2.45, 2.75) is 19.3 Å². The summed E-state index contributed by atoms with van der Waals surface area (Å²) in [6.45, 7) is 0. The average Bonchev–Trinajstić information content (AvgIpc) is 2.84. The second-order valence-electron chi connectivity index (χ2n) is 4.90. The van der Waals surface area contributed by atoms with Crippen molar-refractivity contribution in [1.82, 2.24) is 4.98 Å². The summed E-state index contributed by atoms with van der Waals surface area (Å²) < 4.78 is 0. The maximum Gasteiger partial charge on any atom is 0.356 e. The third-order valence-corrected chi connectivity index (χ3v) is 3.80. The number of aromatic carboxylic acids is 1. The second kappa shape index (κ2) is 4.15. The molecule has 2 aliphatic rings. The highest BCUT2D eigenvalue weighted by Crippen LogP contribution is 2.40. The fourth-order valence-corrected chi connectivity index (χ4v) is 2.88. The minimum absolute atomic E-state index is 0.0848. The molecule has 2 unspecified atom stereocenters. The van der Waals surface area contributed by atoms with Gasteiger partial charge in [0, 0.05) is 18.0 Å². The Morgan fingerprint density at radius 3 is 2.47 bits per heavy atom. The lowest BCUT2D eigenvalue weighted by molar-refractivity contribution is -0.133. The number of carboxylic acids is 1. The van der Waals surface area contributed by atoms with Gasteiger partial charge in [0.15, 0.2) is 5.69 Å². The Hall–Kier alpha value is -2.24. The first-order valence-corrected chi connectivity index (χ1v) is 6.15. The van der Waals surface area contributed by atoms with Crippen molar-refractivity contribution >= 4 is 23.5 Å². The maximum absolute atomic E-state index is 12.3. The van der Waals surface area contributed by atoms with Gasteiger partial charge in [0.05, 0.1) is 5.69 Å². The van der Waals surface area contributed by atoms with Gasteiger partial charge >= 0.3 is 5.97 Å². The van der Waals surface area contributed by atoms with Gasteiger partial charge in [-0.15, -0.1) is 0 Å². The van der Waals surface area contributed by atoms with E-state index in [1.807, 2.05) is 0 Å².